The van der Waals surface area contributed by atoms with Crippen LogP contribution in [0.2, 0.25) is 0 Å². The van der Waals surface area contributed by atoms with Crippen LogP contribution in [-0.4, -0.2) is 36.8 Å². The number of carbonyl (C=O) groups excluding carboxylic acids is 2. The van der Waals surface area contributed by atoms with Crippen molar-refractivity contribution in [1.82, 2.24) is 4.57 Å². The van der Waals surface area contributed by atoms with Crippen LogP contribution >= 0.6 is 11.3 Å². The van der Waals surface area contributed by atoms with E-state index in [1.165, 1.54) is 30.1 Å². The molecule has 0 aliphatic carbocycles. The Labute approximate surface area is 216 Å². The van der Waals surface area contributed by atoms with E-state index in [9.17, 15) is 14.4 Å². The molecule has 0 fully saturated rings. The molecule has 5 rings (SSSR count). The molecule has 2 aliphatic rings. The summed E-state index contributed by atoms with van der Waals surface area (Å²) in [6.45, 7) is 3.65. The van der Waals surface area contributed by atoms with Crippen LogP contribution in [0.3, 0.4) is 0 Å². The first kappa shape index (κ1) is 24.5. The third-order valence-corrected chi connectivity index (χ3v) is 7.37. The van der Waals surface area contributed by atoms with Crippen LogP contribution in [0.15, 0.2) is 75.2 Å². The maximum atomic E-state index is 13.8. The van der Waals surface area contributed by atoms with E-state index in [0.717, 1.165) is 16.9 Å². The summed E-state index contributed by atoms with van der Waals surface area (Å²) in [7, 11) is 2.60. The van der Waals surface area contributed by atoms with Gasteiger partial charge in [0.2, 0.25) is 0 Å². The van der Waals surface area contributed by atoms with Crippen molar-refractivity contribution in [3.63, 3.8) is 0 Å². The number of fused-ring (bicyclic) bond motifs is 2. The number of rotatable bonds is 4. The van der Waals surface area contributed by atoms with Gasteiger partial charge in [-0.15, -0.1) is 0 Å². The van der Waals surface area contributed by atoms with Gasteiger partial charge in [0.05, 0.1) is 41.6 Å². The minimum Gasteiger partial charge on any atom is -0.485 e. The molecule has 0 saturated heterocycles. The van der Waals surface area contributed by atoms with E-state index < -0.39 is 18.0 Å². The fourth-order valence-electron chi connectivity index (χ4n) is 4.50. The van der Waals surface area contributed by atoms with Crippen LogP contribution in [0, 0.1) is 0 Å². The molecule has 0 bridgehead atoms. The number of esters is 2. The SMILES string of the molecule is COC(=O)C1=C(C)N=c2s/c(=C\C3=Cc4ccccc4OC3C)c(=O)n2C1c1ccc(C(=O)OC)cc1. The van der Waals surface area contributed by atoms with Gasteiger partial charge in [-0.1, -0.05) is 41.7 Å². The molecule has 0 radical (unpaired) electrons. The quantitative estimate of drug-likeness (QED) is 0.495. The van der Waals surface area contributed by atoms with Crippen LogP contribution < -0.4 is 19.6 Å². The number of allylic oxidation sites excluding steroid dienone is 1. The third-order valence-electron chi connectivity index (χ3n) is 6.39. The Morgan fingerprint density at radius 1 is 1.05 bits per heavy atom. The van der Waals surface area contributed by atoms with Crippen molar-refractivity contribution in [3.8, 4) is 5.75 Å². The fraction of sp³-hybridized carbons (Fsp3) is 0.214. The minimum absolute atomic E-state index is 0.248. The zero-order valence-corrected chi connectivity index (χ0v) is 21.5. The number of nitrogens with zero attached hydrogens (tertiary/aromatic N) is 2. The first-order valence-electron chi connectivity index (χ1n) is 11.6. The van der Waals surface area contributed by atoms with Crippen LogP contribution in [0.5, 0.6) is 5.75 Å². The number of ether oxygens (including phenoxy) is 3. The van der Waals surface area contributed by atoms with Gasteiger partial charge in [-0.3, -0.25) is 9.36 Å². The molecule has 0 saturated carbocycles. The average molecular weight is 517 g/mol. The summed E-state index contributed by atoms with van der Waals surface area (Å²) in [6.07, 6.45) is 3.58. The van der Waals surface area contributed by atoms with Crippen LogP contribution in [0.25, 0.3) is 12.2 Å². The lowest BCUT2D eigenvalue weighted by Crippen LogP contribution is -2.40. The number of aromatic nitrogens is 1. The van der Waals surface area contributed by atoms with E-state index in [1.54, 1.807) is 31.2 Å². The Bertz CT molecular complexity index is 1660. The van der Waals surface area contributed by atoms with Gasteiger partial charge in [-0.2, -0.15) is 0 Å². The van der Waals surface area contributed by atoms with E-state index in [1.807, 2.05) is 43.3 Å². The largest absolute Gasteiger partial charge is 0.485 e. The lowest BCUT2D eigenvalue weighted by Gasteiger charge is -2.24. The second-order valence-corrected chi connectivity index (χ2v) is 9.64. The maximum Gasteiger partial charge on any atom is 0.338 e. The molecular formula is C28H24N2O6S. The first-order valence-corrected chi connectivity index (χ1v) is 12.4. The summed E-state index contributed by atoms with van der Waals surface area (Å²) in [5.41, 5.74) is 3.22. The van der Waals surface area contributed by atoms with E-state index in [4.69, 9.17) is 14.2 Å². The lowest BCUT2D eigenvalue weighted by molar-refractivity contribution is -0.136. The normalized spacial score (nSPS) is 18.7. The van der Waals surface area contributed by atoms with E-state index in [0.29, 0.717) is 26.2 Å². The van der Waals surface area contributed by atoms with Crippen molar-refractivity contribution in [2.75, 3.05) is 14.2 Å². The molecular weight excluding hydrogens is 492 g/mol. The molecule has 2 aromatic carbocycles. The van der Waals surface area contributed by atoms with Gasteiger partial charge < -0.3 is 14.2 Å². The Hall–Kier alpha value is -4.24. The lowest BCUT2D eigenvalue weighted by atomic mass is 9.95. The summed E-state index contributed by atoms with van der Waals surface area (Å²) in [5, 5.41) is 0. The molecule has 2 unspecified atom stereocenters. The molecule has 37 heavy (non-hydrogen) atoms. The molecule has 188 valence electrons. The van der Waals surface area contributed by atoms with Crippen LogP contribution in [0.4, 0.5) is 0 Å². The summed E-state index contributed by atoms with van der Waals surface area (Å²) in [4.78, 5) is 43.6. The predicted octanol–water partition coefficient (Wildman–Crippen LogP) is 3.01. The van der Waals surface area contributed by atoms with E-state index in [2.05, 4.69) is 4.99 Å². The van der Waals surface area contributed by atoms with Gasteiger partial charge in [-0.05, 0) is 55.3 Å². The molecule has 1 aromatic heterocycles. The monoisotopic (exact) mass is 516 g/mol. The summed E-state index contributed by atoms with van der Waals surface area (Å²) in [5.74, 6) is -0.261. The highest BCUT2D eigenvalue weighted by molar-refractivity contribution is 7.07. The molecule has 3 aromatic rings. The van der Waals surface area contributed by atoms with Crippen LogP contribution in [0.1, 0.15) is 41.4 Å². The number of hydrogen-bond acceptors (Lipinski definition) is 8. The van der Waals surface area contributed by atoms with E-state index in [-0.39, 0.29) is 17.2 Å². The molecule has 2 atom stereocenters. The first-order chi connectivity index (χ1) is 17.8. The van der Waals surface area contributed by atoms with Gasteiger partial charge in [0.1, 0.15) is 11.9 Å². The highest BCUT2D eigenvalue weighted by atomic mass is 32.1. The van der Waals surface area contributed by atoms with Crippen molar-refractivity contribution < 1.29 is 23.8 Å². The van der Waals surface area contributed by atoms with Gasteiger partial charge in [0, 0.05) is 5.56 Å². The molecule has 0 amide bonds. The Morgan fingerprint density at radius 3 is 2.46 bits per heavy atom. The van der Waals surface area contributed by atoms with Gasteiger partial charge in [0.15, 0.2) is 4.80 Å². The Balaban J connectivity index is 1.68. The summed E-state index contributed by atoms with van der Waals surface area (Å²) >= 11 is 1.25. The van der Waals surface area contributed by atoms with Crippen LogP contribution in [-0.2, 0) is 14.3 Å². The highest BCUT2D eigenvalue weighted by Gasteiger charge is 2.33. The number of benzene rings is 2. The van der Waals surface area contributed by atoms with Crippen molar-refractivity contribution in [1.29, 1.82) is 0 Å². The predicted molar refractivity (Wildman–Crippen MR) is 139 cm³/mol. The number of methoxy groups -OCH3 is 2. The third kappa shape index (κ3) is 4.31. The standard InChI is InChI=1S/C28H24N2O6S/c1-15-23(27(33)35-4)24(17-9-11-18(12-10-17)26(32)34-3)30-25(31)22(37-28(30)29-15)14-20-13-19-7-5-6-8-21(19)36-16(20)2/h5-14,16,24H,1-4H3/b22-14-. The van der Waals surface area contributed by atoms with Crippen molar-refractivity contribution in [2.45, 2.75) is 26.0 Å². The fourth-order valence-corrected chi connectivity index (χ4v) is 5.55. The molecule has 2 aliphatic heterocycles. The summed E-state index contributed by atoms with van der Waals surface area (Å²) < 4.78 is 17.8. The molecule has 3 heterocycles. The number of thiazole rings is 1. The number of para-hydroxylation sites is 1. The molecule has 0 N–H and O–H groups in total. The van der Waals surface area contributed by atoms with Gasteiger partial charge >= 0.3 is 11.9 Å². The minimum atomic E-state index is -0.771. The smallest absolute Gasteiger partial charge is 0.338 e. The van der Waals surface area contributed by atoms with Crippen molar-refractivity contribution in [2.24, 2.45) is 4.99 Å². The highest BCUT2D eigenvalue weighted by Crippen LogP contribution is 2.32. The topological polar surface area (TPSA) is 96.2 Å². The second-order valence-electron chi connectivity index (χ2n) is 8.63. The molecule has 0 spiro atoms. The van der Waals surface area contributed by atoms with Gasteiger partial charge in [-0.25, -0.2) is 14.6 Å². The number of hydrogen-bond donors (Lipinski definition) is 0. The van der Waals surface area contributed by atoms with Crippen molar-refractivity contribution in [3.05, 3.63) is 102 Å². The zero-order chi connectivity index (χ0) is 26.3. The molecule has 8 nitrogen and oxygen atoms in total. The Morgan fingerprint density at radius 2 is 1.76 bits per heavy atom. The van der Waals surface area contributed by atoms with Gasteiger partial charge in [0.25, 0.3) is 5.56 Å². The molecule has 9 heteroatoms. The average Bonchev–Trinajstić information content (AvgIpc) is 3.21. The maximum absolute atomic E-state index is 13.8. The van der Waals surface area contributed by atoms with E-state index >= 15 is 0 Å². The van der Waals surface area contributed by atoms with Crippen molar-refractivity contribution >= 4 is 35.4 Å². The second kappa shape index (κ2) is 9.67. The number of carbonyl (C=O) groups is 2. The zero-order valence-electron chi connectivity index (χ0n) is 20.7. The summed E-state index contributed by atoms with van der Waals surface area (Å²) in [6, 6.07) is 13.6. The Kier molecular flexibility index (Phi) is 6.39.